The molecule has 0 fully saturated rings. The second kappa shape index (κ2) is 5.90. The molecule has 1 rings (SSSR count). The molecule has 0 aromatic heterocycles. The number of rotatable bonds is 4. The van der Waals surface area contributed by atoms with Crippen LogP contribution in [0.1, 0.15) is 12.5 Å². The minimum Gasteiger partial charge on any atom is -0.497 e. The third kappa shape index (κ3) is 3.16. The van der Waals surface area contributed by atoms with Crippen LogP contribution in [0, 0.1) is 0 Å². The van der Waals surface area contributed by atoms with Crippen LogP contribution in [0.4, 0.5) is 0 Å². The van der Waals surface area contributed by atoms with E-state index in [1.54, 1.807) is 7.11 Å². The fourth-order valence-electron chi connectivity index (χ4n) is 1.12. The topological polar surface area (TPSA) is 40.0 Å². The average molecular weight is 209 g/mol. The van der Waals surface area contributed by atoms with E-state index in [0.717, 1.165) is 11.3 Å². The van der Waals surface area contributed by atoms with Gasteiger partial charge >= 0.3 is 0 Å². The first-order valence-corrected chi connectivity index (χ1v) is 4.70. The molecule has 0 spiro atoms. The van der Waals surface area contributed by atoms with Gasteiger partial charge in [0.25, 0.3) is 5.90 Å². The highest BCUT2D eigenvalue weighted by molar-refractivity contribution is 5.93. The van der Waals surface area contributed by atoms with E-state index in [9.17, 15) is 0 Å². The van der Waals surface area contributed by atoms with Crippen LogP contribution >= 0.6 is 0 Å². The summed E-state index contributed by atoms with van der Waals surface area (Å²) in [4.78, 5) is 4.70. The van der Waals surface area contributed by atoms with Crippen molar-refractivity contribution >= 4 is 5.90 Å². The maximum atomic E-state index is 5.33. The average Bonchev–Trinajstić information content (AvgIpc) is 2.29. The summed E-state index contributed by atoms with van der Waals surface area (Å²) in [6.45, 7) is 2.45. The summed E-state index contributed by atoms with van der Waals surface area (Å²) < 4.78 is 10.4. The van der Waals surface area contributed by atoms with Gasteiger partial charge in [-0.1, -0.05) is 0 Å². The highest BCUT2D eigenvalue weighted by atomic mass is 16.6. The normalized spacial score (nSPS) is 11.0. The summed E-state index contributed by atoms with van der Waals surface area (Å²) in [5.74, 6) is 1.27. The van der Waals surface area contributed by atoms with E-state index in [1.807, 2.05) is 31.2 Å². The largest absolute Gasteiger partial charge is 0.497 e. The third-order valence-corrected chi connectivity index (χ3v) is 1.79. The molecule has 0 saturated heterocycles. The molecule has 1 aromatic carbocycles. The van der Waals surface area contributed by atoms with Crippen molar-refractivity contribution in [3.05, 3.63) is 29.8 Å². The maximum absolute atomic E-state index is 5.33. The quantitative estimate of drug-likeness (QED) is 0.433. The minimum absolute atomic E-state index is 0.475. The number of nitrogens with zero attached hydrogens (tertiary/aromatic N) is 1. The molecule has 0 amide bonds. The van der Waals surface area contributed by atoms with Crippen molar-refractivity contribution in [3.63, 3.8) is 0 Å². The van der Waals surface area contributed by atoms with Crippen molar-refractivity contribution in [1.82, 2.24) is 0 Å². The number of oxime groups is 1. The molecular weight excluding hydrogens is 194 g/mol. The van der Waals surface area contributed by atoms with Crippen LogP contribution in [0.5, 0.6) is 5.75 Å². The summed E-state index contributed by atoms with van der Waals surface area (Å²) in [6.07, 6.45) is 0. The van der Waals surface area contributed by atoms with Gasteiger partial charge in [0, 0.05) is 5.56 Å². The van der Waals surface area contributed by atoms with E-state index >= 15 is 0 Å². The van der Waals surface area contributed by atoms with Gasteiger partial charge in [-0.05, 0) is 36.3 Å². The molecule has 82 valence electrons. The van der Waals surface area contributed by atoms with Crippen LogP contribution in [0.2, 0.25) is 0 Å². The second-order valence-electron chi connectivity index (χ2n) is 2.74. The molecule has 0 aliphatic rings. The van der Waals surface area contributed by atoms with Crippen LogP contribution in [0.15, 0.2) is 29.4 Å². The number of methoxy groups -OCH3 is 1. The molecular formula is C11H15NO3. The molecule has 1 aromatic rings. The molecule has 0 bridgehead atoms. The SMILES string of the molecule is CCO/C(=N/OC)c1ccc(OC)cc1. The Labute approximate surface area is 89.4 Å². The lowest BCUT2D eigenvalue weighted by atomic mass is 10.2. The predicted molar refractivity (Wildman–Crippen MR) is 58.2 cm³/mol. The Morgan fingerprint density at radius 1 is 1.20 bits per heavy atom. The smallest absolute Gasteiger partial charge is 0.257 e. The van der Waals surface area contributed by atoms with E-state index < -0.39 is 0 Å². The van der Waals surface area contributed by atoms with E-state index in [1.165, 1.54) is 7.11 Å². The highest BCUT2D eigenvalue weighted by Crippen LogP contribution is 2.12. The van der Waals surface area contributed by atoms with Gasteiger partial charge in [0.15, 0.2) is 0 Å². The minimum atomic E-state index is 0.475. The molecule has 0 aliphatic carbocycles. The van der Waals surface area contributed by atoms with Gasteiger partial charge in [-0.25, -0.2) is 0 Å². The zero-order valence-corrected chi connectivity index (χ0v) is 9.19. The van der Waals surface area contributed by atoms with Crippen molar-refractivity contribution in [2.75, 3.05) is 20.8 Å². The van der Waals surface area contributed by atoms with Crippen molar-refractivity contribution < 1.29 is 14.3 Å². The standard InChI is InChI=1S/C11H15NO3/c1-4-15-11(12-14-3)9-5-7-10(13-2)8-6-9/h5-8H,4H2,1-3H3/b12-11+. The summed E-state index contributed by atoms with van der Waals surface area (Å²) >= 11 is 0. The molecule has 0 atom stereocenters. The molecule has 0 heterocycles. The fraction of sp³-hybridized carbons (Fsp3) is 0.364. The lowest BCUT2D eigenvalue weighted by Gasteiger charge is -2.06. The van der Waals surface area contributed by atoms with Gasteiger partial charge in [-0.2, -0.15) is 0 Å². The molecule has 0 unspecified atom stereocenters. The van der Waals surface area contributed by atoms with Crippen LogP contribution in [0.25, 0.3) is 0 Å². The molecule has 0 aliphatic heterocycles. The third-order valence-electron chi connectivity index (χ3n) is 1.79. The van der Waals surface area contributed by atoms with Gasteiger partial charge in [0.2, 0.25) is 0 Å². The van der Waals surface area contributed by atoms with Gasteiger partial charge in [-0.15, -0.1) is 0 Å². The molecule has 15 heavy (non-hydrogen) atoms. The van der Waals surface area contributed by atoms with Gasteiger partial charge < -0.3 is 14.3 Å². The summed E-state index contributed by atoms with van der Waals surface area (Å²) in [5, 5.41) is 3.79. The van der Waals surface area contributed by atoms with Gasteiger partial charge in [0.05, 0.1) is 13.7 Å². The summed E-state index contributed by atoms with van der Waals surface area (Å²) in [6, 6.07) is 7.43. The first-order chi connectivity index (χ1) is 7.31. The zero-order chi connectivity index (χ0) is 11.1. The first kappa shape index (κ1) is 11.4. The van der Waals surface area contributed by atoms with E-state index in [4.69, 9.17) is 14.3 Å². The van der Waals surface area contributed by atoms with Crippen LogP contribution in [0.3, 0.4) is 0 Å². The predicted octanol–water partition coefficient (Wildman–Crippen LogP) is 2.04. The number of hydrogen-bond acceptors (Lipinski definition) is 4. The van der Waals surface area contributed by atoms with Crippen LogP contribution < -0.4 is 4.74 Å². The van der Waals surface area contributed by atoms with E-state index in [0.29, 0.717) is 12.5 Å². The van der Waals surface area contributed by atoms with E-state index in [-0.39, 0.29) is 0 Å². The van der Waals surface area contributed by atoms with Gasteiger partial charge in [-0.3, -0.25) is 0 Å². The second-order valence-corrected chi connectivity index (χ2v) is 2.74. The van der Waals surface area contributed by atoms with Crippen LogP contribution in [-0.2, 0) is 9.57 Å². The van der Waals surface area contributed by atoms with E-state index in [2.05, 4.69) is 5.16 Å². The molecule has 0 N–H and O–H groups in total. The first-order valence-electron chi connectivity index (χ1n) is 4.70. The Kier molecular flexibility index (Phi) is 4.47. The van der Waals surface area contributed by atoms with Crippen molar-refractivity contribution in [1.29, 1.82) is 0 Å². The van der Waals surface area contributed by atoms with Crippen molar-refractivity contribution in [2.45, 2.75) is 6.92 Å². The molecule has 0 radical (unpaired) electrons. The highest BCUT2D eigenvalue weighted by Gasteiger charge is 2.04. The van der Waals surface area contributed by atoms with Crippen molar-refractivity contribution in [3.8, 4) is 5.75 Å². The molecule has 4 heteroatoms. The molecule has 0 saturated carbocycles. The van der Waals surface area contributed by atoms with Crippen molar-refractivity contribution in [2.24, 2.45) is 5.16 Å². The number of hydrogen-bond donors (Lipinski definition) is 0. The fourth-order valence-corrected chi connectivity index (χ4v) is 1.12. The summed E-state index contributed by atoms with van der Waals surface area (Å²) in [7, 11) is 3.12. The number of benzene rings is 1. The Hall–Kier alpha value is -1.71. The zero-order valence-electron chi connectivity index (χ0n) is 9.19. The Bertz CT molecular complexity index is 319. The Morgan fingerprint density at radius 3 is 2.33 bits per heavy atom. The number of ether oxygens (including phenoxy) is 2. The van der Waals surface area contributed by atoms with Crippen LogP contribution in [-0.4, -0.2) is 26.7 Å². The molecule has 4 nitrogen and oxygen atoms in total. The Morgan fingerprint density at radius 2 is 1.87 bits per heavy atom. The monoisotopic (exact) mass is 209 g/mol. The Balaban J connectivity index is 2.86. The maximum Gasteiger partial charge on any atom is 0.257 e. The lowest BCUT2D eigenvalue weighted by Crippen LogP contribution is -2.06. The summed E-state index contributed by atoms with van der Waals surface area (Å²) in [5.41, 5.74) is 0.861. The van der Waals surface area contributed by atoms with Gasteiger partial charge in [0.1, 0.15) is 12.9 Å². The lowest BCUT2D eigenvalue weighted by molar-refractivity contribution is 0.194.